The minimum atomic E-state index is 0.526. The van der Waals surface area contributed by atoms with Gasteiger partial charge in [-0.3, -0.25) is 0 Å². The second-order valence-corrected chi connectivity index (χ2v) is 3.81. The van der Waals surface area contributed by atoms with E-state index in [0.29, 0.717) is 12.2 Å². The molecule has 2 fully saturated rings. The smallest absolute Gasteiger partial charge is 0.0645 e. The molecule has 0 bridgehead atoms. The molecule has 1 heteroatoms. The zero-order chi connectivity index (χ0) is 7.30. The predicted molar refractivity (Wildman–Crippen MR) is 40.8 cm³/mol. The maximum Gasteiger partial charge on any atom is 0.0645 e. The average Bonchev–Trinajstić information content (AvgIpc) is 2.52. The summed E-state index contributed by atoms with van der Waals surface area (Å²) in [5.41, 5.74) is 0. The Bertz CT molecular complexity index is 144. The summed E-state index contributed by atoms with van der Waals surface area (Å²) in [4.78, 5) is 0. The van der Waals surface area contributed by atoms with Crippen LogP contribution in [0.25, 0.3) is 0 Å². The fourth-order valence-corrected chi connectivity index (χ4v) is 2.44. The van der Waals surface area contributed by atoms with Crippen molar-refractivity contribution >= 4 is 0 Å². The maximum absolute atomic E-state index is 5.75. The SMILES string of the molecule is CCC1C2OC(C)C(C)C12. The van der Waals surface area contributed by atoms with Crippen molar-refractivity contribution in [2.75, 3.05) is 0 Å². The highest BCUT2D eigenvalue weighted by atomic mass is 16.5. The van der Waals surface area contributed by atoms with Gasteiger partial charge in [0.15, 0.2) is 0 Å². The number of hydrogen-bond donors (Lipinski definition) is 0. The standard InChI is InChI=1S/C9H16O/c1-4-7-8-5(2)6(3)10-9(7)8/h5-9H,4H2,1-3H3. The molecule has 0 spiro atoms. The first-order valence-corrected chi connectivity index (χ1v) is 4.41. The van der Waals surface area contributed by atoms with E-state index in [4.69, 9.17) is 4.74 Å². The Labute approximate surface area is 62.8 Å². The van der Waals surface area contributed by atoms with Crippen molar-refractivity contribution in [1.29, 1.82) is 0 Å². The molecule has 0 N–H and O–H groups in total. The van der Waals surface area contributed by atoms with E-state index in [1.54, 1.807) is 0 Å². The summed E-state index contributed by atoms with van der Waals surface area (Å²) in [6.45, 7) is 6.79. The Morgan fingerprint density at radius 1 is 1.30 bits per heavy atom. The van der Waals surface area contributed by atoms with E-state index in [2.05, 4.69) is 20.8 Å². The van der Waals surface area contributed by atoms with Gasteiger partial charge >= 0.3 is 0 Å². The summed E-state index contributed by atoms with van der Waals surface area (Å²) in [6, 6.07) is 0. The zero-order valence-corrected chi connectivity index (χ0v) is 7.00. The van der Waals surface area contributed by atoms with Gasteiger partial charge < -0.3 is 4.74 Å². The van der Waals surface area contributed by atoms with Crippen molar-refractivity contribution < 1.29 is 4.74 Å². The Hall–Kier alpha value is -0.0400. The Kier molecular flexibility index (Phi) is 1.31. The van der Waals surface area contributed by atoms with Gasteiger partial charge in [0, 0.05) is 0 Å². The molecule has 5 unspecified atom stereocenters. The van der Waals surface area contributed by atoms with Crippen molar-refractivity contribution in [2.24, 2.45) is 17.8 Å². The van der Waals surface area contributed by atoms with Crippen LogP contribution < -0.4 is 0 Å². The normalized spacial score (nSPS) is 58.5. The summed E-state index contributed by atoms with van der Waals surface area (Å²) < 4.78 is 5.75. The molecule has 0 amide bonds. The summed E-state index contributed by atoms with van der Waals surface area (Å²) in [7, 11) is 0. The van der Waals surface area contributed by atoms with Crippen molar-refractivity contribution in [3.63, 3.8) is 0 Å². The highest BCUT2D eigenvalue weighted by Crippen LogP contribution is 2.56. The quantitative estimate of drug-likeness (QED) is 0.541. The van der Waals surface area contributed by atoms with Gasteiger partial charge in [-0.1, -0.05) is 20.3 Å². The van der Waals surface area contributed by atoms with E-state index in [-0.39, 0.29) is 0 Å². The maximum atomic E-state index is 5.75. The lowest BCUT2D eigenvalue weighted by atomic mass is 9.99. The number of hydrogen-bond acceptors (Lipinski definition) is 1. The zero-order valence-electron chi connectivity index (χ0n) is 7.00. The van der Waals surface area contributed by atoms with Crippen LogP contribution in [0.1, 0.15) is 27.2 Å². The number of ether oxygens (including phenoxy) is 1. The lowest BCUT2D eigenvalue weighted by Gasteiger charge is -2.14. The summed E-state index contributed by atoms with van der Waals surface area (Å²) in [5, 5.41) is 0. The van der Waals surface area contributed by atoms with Crippen molar-refractivity contribution in [1.82, 2.24) is 0 Å². The van der Waals surface area contributed by atoms with Crippen molar-refractivity contribution in [3.05, 3.63) is 0 Å². The van der Waals surface area contributed by atoms with Gasteiger partial charge in [-0.2, -0.15) is 0 Å². The highest BCUT2D eigenvalue weighted by molar-refractivity contribution is 5.06. The van der Waals surface area contributed by atoms with E-state index in [0.717, 1.165) is 17.8 Å². The van der Waals surface area contributed by atoms with Crippen LogP contribution in [-0.4, -0.2) is 12.2 Å². The van der Waals surface area contributed by atoms with Crippen LogP contribution in [0.2, 0.25) is 0 Å². The molecule has 1 saturated heterocycles. The number of fused-ring (bicyclic) bond motifs is 1. The molecule has 1 heterocycles. The highest BCUT2D eigenvalue weighted by Gasteiger charge is 2.59. The van der Waals surface area contributed by atoms with Crippen LogP contribution in [0, 0.1) is 17.8 Å². The third-order valence-electron chi connectivity index (χ3n) is 3.35. The Morgan fingerprint density at radius 2 is 2.00 bits per heavy atom. The molecule has 0 aromatic carbocycles. The Balaban J connectivity index is 2.00. The molecule has 10 heavy (non-hydrogen) atoms. The summed E-state index contributed by atoms with van der Waals surface area (Å²) >= 11 is 0. The van der Waals surface area contributed by atoms with Crippen molar-refractivity contribution in [3.8, 4) is 0 Å². The van der Waals surface area contributed by atoms with Crippen molar-refractivity contribution in [2.45, 2.75) is 39.4 Å². The van der Waals surface area contributed by atoms with Crippen LogP contribution in [0.3, 0.4) is 0 Å². The van der Waals surface area contributed by atoms with Gasteiger partial charge in [0.2, 0.25) is 0 Å². The average molecular weight is 140 g/mol. The lowest BCUT2D eigenvalue weighted by molar-refractivity contribution is 0.0512. The van der Waals surface area contributed by atoms with Gasteiger partial charge in [-0.05, 0) is 24.7 Å². The topological polar surface area (TPSA) is 9.23 Å². The fraction of sp³-hybridized carbons (Fsp3) is 1.00. The van der Waals surface area contributed by atoms with Crippen LogP contribution >= 0.6 is 0 Å². The molecule has 2 rings (SSSR count). The molecule has 0 aromatic heterocycles. The number of rotatable bonds is 1. The lowest BCUT2D eigenvalue weighted by Crippen LogP contribution is -2.15. The second kappa shape index (κ2) is 1.97. The minimum Gasteiger partial charge on any atom is -0.374 e. The van der Waals surface area contributed by atoms with E-state index >= 15 is 0 Å². The molecule has 0 aromatic rings. The van der Waals surface area contributed by atoms with Gasteiger partial charge in [-0.25, -0.2) is 0 Å². The first kappa shape index (κ1) is 6.66. The third-order valence-corrected chi connectivity index (χ3v) is 3.35. The third kappa shape index (κ3) is 0.672. The summed E-state index contributed by atoms with van der Waals surface area (Å²) in [6.07, 6.45) is 2.49. The first-order valence-electron chi connectivity index (χ1n) is 4.41. The van der Waals surface area contributed by atoms with E-state index in [1.807, 2.05) is 0 Å². The van der Waals surface area contributed by atoms with E-state index in [1.165, 1.54) is 6.42 Å². The molecule has 2 aliphatic rings. The minimum absolute atomic E-state index is 0.526. The van der Waals surface area contributed by atoms with E-state index in [9.17, 15) is 0 Å². The molecule has 5 atom stereocenters. The van der Waals surface area contributed by atoms with Crippen LogP contribution in [0.15, 0.2) is 0 Å². The van der Waals surface area contributed by atoms with Gasteiger partial charge in [0.1, 0.15) is 0 Å². The van der Waals surface area contributed by atoms with E-state index < -0.39 is 0 Å². The summed E-state index contributed by atoms with van der Waals surface area (Å²) in [5.74, 6) is 2.64. The first-order chi connectivity index (χ1) is 4.75. The fourth-order valence-electron chi connectivity index (χ4n) is 2.44. The predicted octanol–water partition coefficient (Wildman–Crippen LogP) is 2.07. The molecule has 0 radical (unpaired) electrons. The second-order valence-electron chi connectivity index (χ2n) is 3.81. The van der Waals surface area contributed by atoms with Crippen LogP contribution in [0.5, 0.6) is 0 Å². The van der Waals surface area contributed by atoms with Gasteiger partial charge in [-0.15, -0.1) is 0 Å². The molecule has 1 saturated carbocycles. The monoisotopic (exact) mass is 140 g/mol. The van der Waals surface area contributed by atoms with Crippen LogP contribution in [-0.2, 0) is 4.74 Å². The molecular weight excluding hydrogens is 124 g/mol. The molecule has 1 nitrogen and oxygen atoms in total. The van der Waals surface area contributed by atoms with Gasteiger partial charge in [0.05, 0.1) is 12.2 Å². The molecule has 1 aliphatic heterocycles. The Morgan fingerprint density at radius 3 is 2.40 bits per heavy atom. The molecule has 1 aliphatic carbocycles. The molecular formula is C9H16O. The van der Waals surface area contributed by atoms with Gasteiger partial charge in [0.25, 0.3) is 0 Å². The largest absolute Gasteiger partial charge is 0.374 e. The van der Waals surface area contributed by atoms with Crippen LogP contribution in [0.4, 0.5) is 0 Å². The molecule has 58 valence electrons.